The number of aromatic nitrogens is 4. The molecule has 5 rings (SSSR count). The van der Waals surface area contributed by atoms with E-state index in [1.807, 2.05) is 42.3 Å². The smallest absolute Gasteiger partial charge is 0.245 e. The van der Waals surface area contributed by atoms with Crippen LogP contribution in [0.4, 0.5) is 0 Å². The van der Waals surface area contributed by atoms with Crippen LogP contribution in [0.25, 0.3) is 16.7 Å². The monoisotopic (exact) mass is 489 g/mol. The molecule has 2 fully saturated rings. The molecule has 2 amide bonds. The lowest BCUT2D eigenvalue weighted by Crippen LogP contribution is -2.55. The minimum atomic E-state index is -0.496. The van der Waals surface area contributed by atoms with Crippen LogP contribution in [-0.4, -0.2) is 62.4 Å². The van der Waals surface area contributed by atoms with Crippen molar-refractivity contribution in [3.05, 3.63) is 48.3 Å². The fraction of sp³-hybridized carbons (Fsp3) is 0.519. The van der Waals surface area contributed by atoms with Crippen LogP contribution >= 0.6 is 0 Å². The van der Waals surface area contributed by atoms with Crippen LogP contribution in [0, 0.1) is 5.92 Å². The molecule has 0 spiro atoms. The van der Waals surface area contributed by atoms with Gasteiger partial charge in [-0.3, -0.25) is 14.6 Å². The average Bonchev–Trinajstić information content (AvgIpc) is 3.59. The first-order valence-corrected chi connectivity index (χ1v) is 13.1. The fourth-order valence-corrected chi connectivity index (χ4v) is 5.62. The van der Waals surface area contributed by atoms with Crippen molar-refractivity contribution in [1.82, 2.24) is 35.5 Å². The summed E-state index contributed by atoms with van der Waals surface area (Å²) in [5.74, 6) is 0.0723. The molecule has 9 heteroatoms. The maximum atomic E-state index is 14.0. The van der Waals surface area contributed by atoms with Crippen molar-refractivity contribution in [3.63, 3.8) is 0 Å². The molecule has 1 aromatic carbocycles. The number of carbonyl (C=O) groups is 2. The molecule has 36 heavy (non-hydrogen) atoms. The third kappa shape index (κ3) is 4.84. The number of pyridine rings is 1. The van der Waals surface area contributed by atoms with Crippen molar-refractivity contribution in [2.45, 2.75) is 70.0 Å². The van der Waals surface area contributed by atoms with Crippen LogP contribution in [-0.2, 0) is 9.59 Å². The van der Waals surface area contributed by atoms with Crippen molar-refractivity contribution >= 4 is 22.8 Å². The number of likely N-dealkylation sites (tertiary alicyclic amines) is 1. The number of likely N-dealkylation sites (N-methyl/N-ethyl adjacent to an activating group) is 1. The van der Waals surface area contributed by atoms with Gasteiger partial charge in [0.15, 0.2) is 0 Å². The van der Waals surface area contributed by atoms with E-state index in [4.69, 9.17) is 0 Å². The van der Waals surface area contributed by atoms with E-state index in [0.717, 1.165) is 60.8 Å². The molecule has 2 aliphatic rings. The molecule has 2 aromatic heterocycles. The first-order valence-electron chi connectivity index (χ1n) is 13.1. The zero-order valence-electron chi connectivity index (χ0n) is 21.1. The maximum Gasteiger partial charge on any atom is 0.245 e. The second-order valence-electron chi connectivity index (χ2n) is 10.1. The van der Waals surface area contributed by atoms with Crippen molar-refractivity contribution in [2.24, 2.45) is 5.92 Å². The molecule has 0 unspecified atom stereocenters. The van der Waals surface area contributed by atoms with Crippen LogP contribution in [0.5, 0.6) is 0 Å². The summed E-state index contributed by atoms with van der Waals surface area (Å²) < 4.78 is 1.79. The summed E-state index contributed by atoms with van der Waals surface area (Å²) in [5, 5.41) is 14.7. The van der Waals surface area contributed by atoms with Crippen LogP contribution in [0.15, 0.2) is 42.7 Å². The van der Waals surface area contributed by atoms with Gasteiger partial charge in [0.2, 0.25) is 11.8 Å². The Morgan fingerprint density at radius 3 is 2.67 bits per heavy atom. The molecule has 2 N–H and O–H groups in total. The average molecular weight is 490 g/mol. The Hall–Kier alpha value is -3.33. The number of benzene rings is 1. The minimum absolute atomic E-state index is 0.0256. The van der Waals surface area contributed by atoms with Gasteiger partial charge in [0.05, 0.1) is 29.5 Å². The van der Waals surface area contributed by atoms with E-state index >= 15 is 0 Å². The molecule has 190 valence electrons. The first kappa shape index (κ1) is 24.4. The normalized spacial score (nSPS) is 20.4. The Kier molecular flexibility index (Phi) is 7.27. The molecule has 1 saturated heterocycles. The van der Waals surface area contributed by atoms with E-state index in [-0.39, 0.29) is 29.8 Å². The molecule has 0 bridgehead atoms. The predicted molar refractivity (Wildman–Crippen MR) is 137 cm³/mol. The summed E-state index contributed by atoms with van der Waals surface area (Å²) in [4.78, 5) is 33.3. The quantitative estimate of drug-likeness (QED) is 0.528. The van der Waals surface area contributed by atoms with Crippen molar-refractivity contribution in [1.29, 1.82) is 0 Å². The van der Waals surface area contributed by atoms with Gasteiger partial charge in [-0.15, -0.1) is 5.10 Å². The number of carbonyl (C=O) groups excluding carboxylic acids is 2. The number of nitrogens with one attached hydrogen (secondary N) is 2. The van der Waals surface area contributed by atoms with E-state index in [9.17, 15) is 9.59 Å². The number of fused-ring (bicyclic) bond motifs is 1. The first-order chi connectivity index (χ1) is 17.6. The fourth-order valence-electron chi connectivity index (χ4n) is 5.62. The minimum Gasteiger partial charge on any atom is -0.343 e. The summed E-state index contributed by atoms with van der Waals surface area (Å²) in [6.07, 6.45) is 10.8. The Morgan fingerprint density at radius 2 is 1.86 bits per heavy atom. The Bertz CT molecular complexity index is 1220. The lowest BCUT2D eigenvalue weighted by molar-refractivity contribution is -0.139. The van der Waals surface area contributed by atoms with E-state index in [2.05, 4.69) is 32.0 Å². The van der Waals surface area contributed by atoms with Crippen molar-refractivity contribution in [3.8, 4) is 5.69 Å². The molecule has 1 aliphatic carbocycles. The molecule has 3 aromatic rings. The summed E-state index contributed by atoms with van der Waals surface area (Å²) >= 11 is 0. The van der Waals surface area contributed by atoms with E-state index in [0.29, 0.717) is 6.54 Å². The van der Waals surface area contributed by atoms with Gasteiger partial charge in [0.25, 0.3) is 0 Å². The van der Waals surface area contributed by atoms with E-state index in [1.165, 1.54) is 6.42 Å². The van der Waals surface area contributed by atoms with Gasteiger partial charge in [0.1, 0.15) is 11.6 Å². The Morgan fingerprint density at radius 1 is 1.06 bits per heavy atom. The lowest BCUT2D eigenvalue weighted by atomic mass is 9.83. The van der Waals surface area contributed by atoms with Gasteiger partial charge in [-0.1, -0.05) is 36.6 Å². The zero-order valence-corrected chi connectivity index (χ0v) is 21.1. The topological polar surface area (TPSA) is 105 Å². The number of para-hydroxylation sites is 1. The van der Waals surface area contributed by atoms with Crippen LogP contribution in [0.1, 0.15) is 63.5 Å². The van der Waals surface area contributed by atoms with Gasteiger partial charge in [-0.2, -0.15) is 0 Å². The van der Waals surface area contributed by atoms with E-state index < -0.39 is 6.04 Å². The van der Waals surface area contributed by atoms with Gasteiger partial charge in [-0.25, -0.2) is 4.68 Å². The molecular formula is C27H35N7O2. The summed E-state index contributed by atoms with van der Waals surface area (Å²) in [6.45, 7) is 2.50. The molecular weight excluding hydrogens is 454 g/mol. The second kappa shape index (κ2) is 10.7. The van der Waals surface area contributed by atoms with Gasteiger partial charge in [-0.05, 0) is 69.3 Å². The number of amides is 2. The second-order valence-corrected chi connectivity index (χ2v) is 10.1. The third-order valence-electron chi connectivity index (χ3n) is 7.77. The van der Waals surface area contributed by atoms with Crippen LogP contribution in [0.3, 0.4) is 0 Å². The SMILES string of the molecule is CN[C@@H](C)C(=O)N[C@H](C(=O)N1CCC[C@H]1c1cncc(-n2nnc3ccccc32)c1)C1CCCCC1. The number of hydrogen-bond acceptors (Lipinski definition) is 6. The molecule has 1 aliphatic heterocycles. The molecule has 1 saturated carbocycles. The summed E-state index contributed by atoms with van der Waals surface area (Å²) in [7, 11) is 1.76. The highest BCUT2D eigenvalue weighted by Gasteiger charge is 2.39. The number of nitrogens with zero attached hydrogens (tertiary/aromatic N) is 5. The van der Waals surface area contributed by atoms with Gasteiger partial charge in [0, 0.05) is 12.7 Å². The van der Waals surface area contributed by atoms with Crippen LogP contribution in [0.2, 0.25) is 0 Å². The molecule has 0 radical (unpaired) electrons. The molecule has 3 heterocycles. The van der Waals surface area contributed by atoms with Gasteiger partial charge < -0.3 is 15.5 Å². The summed E-state index contributed by atoms with van der Waals surface area (Å²) in [5.41, 5.74) is 3.53. The van der Waals surface area contributed by atoms with Crippen LogP contribution < -0.4 is 10.6 Å². The third-order valence-corrected chi connectivity index (χ3v) is 7.77. The van der Waals surface area contributed by atoms with E-state index in [1.54, 1.807) is 17.9 Å². The highest BCUT2D eigenvalue weighted by atomic mass is 16.2. The van der Waals surface area contributed by atoms with Crippen molar-refractivity contribution in [2.75, 3.05) is 13.6 Å². The van der Waals surface area contributed by atoms with Gasteiger partial charge >= 0.3 is 0 Å². The largest absolute Gasteiger partial charge is 0.343 e. The highest BCUT2D eigenvalue weighted by molar-refractivity contribution is 5.90. The predicted octanol–water partition coefficient (Wildman–Crippen LogP) is 3.15. The van der Waals surface area contributed by atoms with Crippen molar-refractivity contribution < 1.29 is 9.59 Å². The highest BCUT2D eigenvalue weighted by Crippen LogP contribution is 2.35. The number of hydrogen-bond donors (Lipinski definition) is 2. The molecule has 9 nitrogen and oxygen atoms in total. The Balaban J connectivity index is 1.41. The maximum absolute atomic E-state index is 14.0. The Labute approximate surface area is 211 Å². The zero-order chi connectivity index (χ0) is 25.1. The lowest BCUT2D eigenvalue weighted by Gasteiger charge is -2.35. The molecule has 3 atom stereocenters. The summed E-state index contributed by atoms with van der Waals surface area (Å²) in [6, 6.07) is 8.95. The standard InChI is InChI=1S/C27H35N7O2/c1-18(28-2)26(35)30-25(19-9-4-3-5-10-19)27(36)33-14-8-13-23(33)20-15-21(17-29-16-20)34-24-12-7-6-11-22(24)31-32-34/h6-7,11-12,15-19,23,25,28H,3-5,8-10,13-14H2,1-2H3,(H,30,35)/t18-,23-,25-/m0/s1. The number of rotatable bonds is 7.